The van der Waals surface area contributed by atoms with Crippen molar-refractivity contribution < 1.29 is 9.90 Å². The first kappa shape index (κ1) is 11.7. The van der Waals surface area contributed by atoms with Crippen molar-refractivity contribution >= 4 is 5.97 Å². The van der Waals surface area contributed by atoms with E-state index in [2.05, 4.69) is 18.8 Å². The number of pyridine rings is 1. The van der Waals surface area contributed by atoms with Crippen LogP contribution < -0.4 is 0 Å². The molecule has 1 aromatic heterocycles. The van der Waals surface area contributed by atoms with E-state index in [0.717, 1.165) is 11.3 Å². The molecule has 1 unspecified atom stereocenters. The summed E-state index contributed by atoms with van der Waals surface area (Å²) in [5.74, 6) is -0.333. The van der Waals surface area contributed by atoms with Crippen molar-refractivity contribution in [2.75, 3.05) is 0 Å². The fraction of sp³-hybridized carbons (Fsp3) is 0.500. The van der Waals surface area contributed by atoms with Crippen LogP contribution in [0.25, 0.3) is 0 Å². The number of nitrogens with zero attached hydrogens (tertiary/aromatic N) is 1. The minimum atomic E-state index is -0.768. The summed E-state index contributed by atoms with van der Waals surface area (Å²) in [6.07, 6.45) is 1.94. The molecule has 0 aliphatic heterocycles. The van der Waals surface area contributed by atoms with E-state index in [-0.39, 0.29) is 12.3 Å². The smallest absolute Gasteiger partial charge is 0.303 e. The van der Waals surface area contributed by atoms with Gasteiger partial charge in [-0.2, -0.15) is 0 Å². The van der Waals surface area contributed by atoms with E-state index < -0.39 is 5.97 Å². The second-order valence-corrected chi connectivity index (χ2v) is 4.17. The molecule has 0 aliphatic rings. The van der Waals surface area contributed by atoms with Crippen LogP contribution in [-0.4, -0.2) is 16.1 Å². The summed E-state index contributed by atoms with van der Waals surface area (Å²) in [6, 6.07) is 3.94. The molecule has 82 valence electrons. The Morgan fingerprint density at radius 2 is 2.07 bits per heavy atom. The van der Waals surface area contributed by atoms with Gasteiger partial charge in [0.05, 0.1) is 6.42 Å². The van der Waals surface area contributed by atoms with Gasteiger partial charge in [0.25, 0.3) is 0 Å². The third-order valence-corrected chi connectivity index (χ3v) is 2.45. The number of carboxylic acid groups (broad SMARTS) is 1. The van der Waals surface area contributed by atoms with Crippen molar-refractivity contribution in [3.8, 4) is 0 Å². The van der Waals surface area contributed by atoms with Gasteiger partial charge in [-0.05, 0) is 23.5 Å². The summed E-state index contributed by atoms with van der Waals surface area (Å²) in [5.41, 5.74) is 2.03. The highest BCUT2D eigenvalue weighted by Crippen LogP contribution is 2.20. The standard InChI is InChI=1S/C12H17NO2/c1-8(2)11-5-4-10(7-13-11)9(3)6-12(14)15/h4-5,7-9H,6H2,1-3H3,(H,14,15). The Morgan fingerprint density at radius 3 is 2.47 bits per heavy atom. The molecule has 1 aromatic rings. The molecule has 0 spiro atoms. The predicted octanol–water partition coefficient (Wildman–Crippen LogP) is 2.78. The van der Waals surface area contributed by atoms with Crippen LogP contribution >= 0.6 is 0 Å². The largest absolute Gasteiger partial charge is 0.481 e. The normalized spacial score (nSPS) is 12.8. The number of aromatic nitrogens is 1. The zero-order valence-corrected chi connectivity index (χ0v) is 9.40. The van der Waals surface area contributed by atoms with Crippen LogP contribution in [0.3, 0.4) is 0 Å². The van der Waals surface area contributed by atoms with E-state index in [9.17, 15) is 4.79 Å². The Bertz CT molecular complexity index is 330. The average molecular weight is 207 g/mol. The molecule has 0 saturated heterocycles. The van der Waals surface area contributed by atoms with E-state index in [4.69, 9.17) is 5.11 Å². The molecule has 0 aromatic carbocycles. The Morgan fingerprint density at radius 1 is 1.40 bits per heavy atom. The molecule has 1 N–H and O–H groups in total. The van der Waals surface area contributed by atoms with Crippen LogP contribution in [0, 0.1) is 0 Å². The molecule has 1 rings (SSSR count). The quantitative estimate of drug-likeness (QED) is 0.825. The van der Waals surface area contributed by atoms with Crippen molar-refractivity contribution in [3.05, 3.63) is 29.6 Å². The van der Waals surface area contributed by atoms with Crippen LogP contribution in [0.15, 0.2) is 18.3 Å². The number of hydrogen-bond donors (Lipinski definition) is 1. The molecule has 1 heterocycles. The van der Waals surface area contributed by atoms with Crippen molar-refractivity contribution in [2.45, 2.75) is 39.0 Å². The lowest BCUT2D eigenvalue weighted by Crippen LogP contribution is -2.04. The number of carboxylic acids is 1. The van der Waals surface area contributed by atoms with E-state index in [1.54, 1.807) is 6.20 Å². The Labute approximate surface area is 90.2 Å². The average Bonchev–Trinajstić information content (AvgIpc) is 2.17. The lowest BCUT2D eigenvalue weighted by Gasteiger charge is -2.10. The highest BCUT2D eigenvalue weighted by Gasteiger charge is 2.10. The minimum absolute atomic E-state index is 0.0243. The number of rotatable bonds is 4. The number of carbonyl (C=O) groups is 1. The van der Waals surface area contributed by atoms with Gasteiger partial charge in [0.2, 0.25) is 0 Å². The summed E-state index contributed by atoms with van der Waals surface area (Å²) >= 11 is 0. The molecule has 0 aliphatic carbocycles. The molecule has 0 radical (unpaired) electrons. The van der Waals surface area contributed by atoms with Gasteiger partial charge in [0.1, 0.15) is 0 Å². The third kappa shape index (κ3) is 3.35. The fourth-order valence-corrected chi connectivity index (χ4v) is 1.43. The maximum absolute atomic E-state index is 10.5. The van der Waals surface area contributed by atoms with E-state index >= 15 is 0 Å². The topological polar surface area (TPSA) is 50.2 Å². The van der Waals surface area contributed by atoms with E-state index in [1.165, 1.54) is 0 Å². The van der Waals surface area contributed by atoms with Crippen molar-refractivity contribution in [1.29, 1.82) is 0 Å². The molecule has 15 heavy (non-hydrogen) atoms. The van der Waals surface area contributed by atoms with Gasteiger partial charge in [-0.3, -0.25) is 9.78 Å². The van der Waals surface area contributed by atoms with Gasteiger partial charge in [-0.15, -0.1) is 0 Å². The molecule has 0 fully saturated rings. The maximum atomic E-state index is 10.5. The molecular formula is C12H17NO2. The summed E-state index contributed by atoms with van der Waals surface area (Å²) in [4.78, 5) is 14.9. The van der Waals surface area contributed by atoms with Gasteiger partial charge in [0, 0.05) is 11.9 Å². The third-order valence-electron chi connectivity index (χ3n) is 2.45. The predicted molar refractivity (Wildman–Crippen MR) is 59.0 cm³/mol. The molecule has 0 saturated carbocycles. The maximum Gasteiger partial charge on any atom is 0.303 e. The highest BCUT2D eigenvalue weighted by atomic mass is 16.4. The Hall–Kier alpha value is -1.38. The van der Waals surface area contributed by atoms with Crippen molar-refractivity contribution in [1.82, 2.24) is 4.98 Å². The second kappa shape index (κ2) is 4.91. The summed E-state index contributed by atoms with van der Waals surface area (Å²) in [7, 11) is 0. The van der Waals surface area contributed by atoms with E-state index in [0.29, 0.717) is 5.92 Å². The van der Waals surface area contributed by atoms with Crippen LogP contribution in [-0.2, 0) is 4.79 Å². The molecular weight excluding hydrogens is 190 g/mol. The fourth-order valence-electron chi connectivity index (χ4n) is 1.43. The molecule has 1 atom stereocenters. The first-order valence-electron chi connectivity index (χ1n) is 5.18. The van der Waals surface area contributed by atoms with Crippen LogP contribution in [0.5, 0.6) is 0 Å². The number of aliphatic carboxylic acids is 1. The highest BCUT2D eigenvalue weighted by molar-refractivity contribution is 5.67. The van der Waals surface area contributed by atoms with Gasteiger partial charge in [-0.1, -0.05) is 26.8 Å². The summed E-state index contributed by atoms with van der Waals surface area (Å²) in [6.45, 7) is 6.07. The minimum Gasteiger partial charge on any atom is -0.481 e. The number of hydrogen-bond acceptors (Lipinski definition) is 2. The van der Waals surface area contributed by atoms with Crippen LogP contribution in [0.4, 0.5) is 0 Å². The second-order valence-electron chi connectivity index (χ2n) is 4.17. The molecule has 0 amide bonds. The van der Waals surface area contributed by atoms with Gasteiger partial charge >= 0.3 is 5.97 Å². The Balaban J connectivity index is 2.75. The molecule has 3 nitrogen and oxygen atoms in total. The zero-order valence-electron chi connectivity index (χ0n) is 9.40. The first-order chi connectivity index (χ1) is 7.00. The van der Waals surface area contributed by atoms with Gasteiger partial charge in [0.15, 0.2) is 0 Å². The van der Waals surface area contributed by atoms with Crippen molar-refractivity contribution in [3.63, 3.8) is 0 Å². The summed E-state index contributed by atoms with van der Waals surface area (Å²) < 4.78 is 0. The first-order valence-corrected chi connectivity index (χ1v) is 5.18. The lowest BCUT2D eigenvalue weighted by molar-refractivity contribution is -0.137. The molecule has 3 heteroatoms. The van der Waals surface area contributed by atoms with Gasteiger partial charge < -0.3 is 5.11 Å². The molecule has 0 bridgehead atoms. The monoisotopic (exact) mass is 207 g/mol. The van der Waals surface area contributed by atoms with Gasteiger partial charge in [-0.25, -0.2) is 0 Å². The van der Waals surface area contributed by atoms with E-state index in [1.807, 2.05) is 19.1 Å². The van der Waals surface area contributed by atoms with Crippen LogP contribution in [0.2, 0.25) is 0 Å². The van der Waals surface area contributed by atoms with Crippen LogP contribution in [0.1, 0.15) is 50.3 Å². The SMILES string of the molecule is CC(C)c1ccc(C(C)CC(=O)O)cn1. The Kier molecular flexibility index (Phi) is 3.83. The van der Waals surface area contributed by atoms with Crippen molar-refractivity contribution in [2.24, 2.45) is 0 Å². The zero-order chi connectivity index (χ0) is 11.4. The summed E-state index contributed by atoms with van der Waals surface area (Å²) in [5, 5.41) is 8.67. The lowest BCUT2D eigenvalue weighted by atomic mass is 9.98.